The summed E-state index contributed by atoms with van der Waals surface area (Å²) >= 11 is 0. The molecule has 116 valence electrons. The van der Waals surface area contributed by atoms with Gasteiger partial charge < -0.3 is 15.0 Å². The third-order valence-corrected chi connectivity index (χ3v) is 3.23. The van der Waals surface area contributed by atoms with E-state index in [0.717, 1.165) is 13.1 Å². The maximum absolute atomic E-state index is 12.1. The number of nitro groups is 1. The van der Waals surface area contributed by atoms with Gasteiger partial charge in [-0.3, -0.25) is 14.9 Å². The molecule has 1 N–H and O–H groups in total. The van der Waals surface area contributed by atoms with Gasteiger partial charge in [0.05, 0.1) is 4.92 Å². The zero-order valence-corrected chi connectivity index (χ0v) is 12.5. The van der Waals surface area contributed by atoms with Gasteiger partial charge in [0.2, 0.25) is 0 Å². The quantitative estimate of drug-likeness (QED) is 0.667. The van der Waals surface area contributed by atoms with Crippen LogP contribution in [0.3, 0.4) is 0 Å². The topological polar surface area (TPSA) is 84.7 Å². The molecule has 1 amide bonds. The molecule has 0 radical (unpaired) electrons. The normalized spacial score (nSPS) is 17.8. The van der Waals surface area contributed by atoms with Crippen molar-refractivity contribution < 1.29 is 14.5 Å². The fourth-order valence-electron chi connectivity index (χ4n) is 2.16. The van der Waals surface area contributed by atoms with E-state index in [-0.39, 0.29) is 42.4 Å². The Morgan fingerprint density at radius 2 is 2.24 bits per heavy atom. The minimum atomic E-state index is -0.521. The Hall–Kier alpha value is -1.86. The molecule has 0 aromatic heterocycles. The highest BCUT2D eigenvalue weighted by atomic mass is 35.5. The predicted octanol–water partition coefficient (Wildman–Crippen LogP) is 1.22. The van der Waals surface area contributed by atoms with Gasteiger partial charge in [-0.2, -0.15) is 0 Å². The predicted molar refractivity (Wildman–Crippen MR) is 79.9 cm³/mol. The minimum absolute atomic E-state index is 0. The molecule has 1 aliphatic heterocycles. The molecule has 1 heterocycles. The molecular weight excluding hydrogens is 298 g/mol. The first-order chi connectivity index (χ1) is 9.59. The van der Waals surface area contributed by atoms with Crippen LogP contribution in [0.1, 0.15) is 6.92 Å². The highest BCUT2D eigenvalue weighted by molar-refractivity contribution is 5.85. The highest BCUT2D eigenvalue weighted by Gasteiger charge is 2.24. The molecule has 1 atom stereocenters. The number of nitro benzene ring substituents is 1. The number of para-hydroxylation sites is 2. The molecular formula is C13H18ClN3O4. The molecule has 7 nitrogen and oxygen atoms in total. The number of halogens is 1. The first-order valence-electron chi connectivity index (χ1n) is 6.46. The number of amides is 1. The van der Waals surface area contributed by atoms with Crippen molar-refractivity contribution in [3.05, 3.63) is 34.4 Å². The van der Waals surface area contributed by atoms with Crippen LogP contribution in [0.15, 0.2) is 24.3 Å². The Labute approximate surface area is 128 Å². The number of rotatable bonds is 4. The van der Waals surface area contributed by atoms with Crippen molar-refractivity contribution in [1.82, 2.24) is 10.2 Å². The number of piperazine rings is 1. The van der Waals surface area contributed by atoms with Crippen molar-refractivity contribution in [3.8, 4) is 5.75 Å². The van der Waals surface area contributed by atoms with Crippen LogP contribution in [0.4, 0.5) is 5.69 Å². The maximum atomic E-state index is 12.1. The van der Waals surface area contributed by atoms with Crippen LogP contribution in [-0.4, -0.2) is 48.0 Å². The average molecular weight is 316 g/mol. The number of nitrogens with zero attached hydrogens (tertiary/aromatic N) is 2. The number of carbonyl (C=O) groups excluding carboxylic acids is 1. The fourth-order valence-corrected chi connectivity index (χ4v) is 2.16. The number of ether oxygens (including phenoxy) is 1. The zero-order chi connectivity index (χ0) is 14.5. The molecule has 21 heavy (non-hydrogen) atoms. The molecule has 1 aliphatic rings. The van der Waals surface area contributed by atoms with Gasteiger partial charge >= 0.3 is 5.69 Å². The molecule has 0 aliphatic carbocycles. The highest BCUT2D eigenvalue weighted by Crippen LogP contribution is 2.25. The van der Waals surface area contributed by atoms with Crippen LogP contribution in [0.25, 0.3) is 0 Å². The van der Waals surface area contributed by atoms with Crippen molar-refractivity contribution in [2.45, 2.75) is 13.0 Å². The van der Waals surface area contributed by atoms with Crippen molar-refractivity contribution in [1.29, 1.82) is 0 Å². The monoisotopic (exact) mass is 315 g/mol. The Balaban J connectivity index is 0.00000220. The van der Waals surface area contributed by atoms with E-state index in [1.165, 1.54) is 12.1 Å². The van der Waals surface area contributed by atoms with Gasteiger partial charge in [0.15, 0.2) is 12.4 Å². The first kappa shape index (κ1) is 17.2. The van der Waals surface area contributed by atoms with E-state index in [1.54, 1.807) is 17.0 Å². The van der Waals surface area contributed by atoms with Crippen molar-refractivity contribution in [2.75, 3.05) is 26.2 Å². The Bertz CT molecular complexity index is 512. The zero-order valence-electron chi connectivity index (χ0n) is 11.7. The number of benzene rings is 1. The lowest BCUT2D eigenvalue weighted by Crippen LogP contribution is -2.53. The van der Waals surface area contributed by atoms with Gasteiger partial charge in [-0.15, -0.1) is 12.4 Å². The van der Waals surface area contributed by atoms with Crippen LogP contribution >= 0.6 is 12.4 Å². The number of hydrogen-bond acceptors (Lipinski definition) is 5. The Morgan fingerprint density at radius 1 is 1.52 bits per heavy atom. The van der Waals surface area contributed by atoms with Gasteiger partial charge in [0.1, 0.15) is 0 Å². The van der Waals surface area contributed by atoms with E-state index in [1.807, 2.05) is 6.92 Å². The summed E-state index contributed by atoms with van der Waals surface area (Å²) in [6.07, 6.45) is 0. The van der Waals surface area contributed by atoms with Gasteiger partial charge in [-0.1, -0.05) is 12.1 Å². The van der Waals surface area contributed by atoms with Gasteiger partial charge in [-0.25, -0.2) is 0 Å². The summed E-state index contributed by atoms with van der Waals surface area (Å²) in [5.74, 6) is -0.0363. The summed E-state index contributed by atoms with van der Waals surface area (Å²) in [5.41, 5.74) is -0.131. The standard InChI is InChI=1S/C13H17N3O4.ClH/c1-10-8-14-6-7-15(10)13(17)9-20-12-5-3-2-4-11(12)16(18)19;/h2-5,10,14H,6-9H2,1H3;1H/t10-;/m1./s1. The molecule has 2 rings (SSSR count). The van der Waals surface area contributed by atoms with E-state index in [9.17, 15) is 14.9 Å². The molecule has 0 saturated carbocycles. The lowest BCUT2D eigenvalue weighted by atomic mass is 10.2. The lowest BCUT2D eigenvalue weighted by molar-refractivity contribution is -0.385. The first-order valence-corrected chi connectivity index (χ1v) is 6.46. The molecule has 0 bridgehead atoms. The van der Waals surface area contributed by atoms with E-state index >= 15 is 0 Å². The van der Waals surface area contributed by atoms with Gasteiger partial charge in [0.25, 0.3) is 5.91 Å². The number of hydrogen-bond donors (Lipinski definition) is 1. The fraction of sp³-hybridized carbons (Fsp3) is 0.462. The Morgan fingerprint density at radius 3 is 2.90 bits per heavy atom. The van der Waals surface area contributed by atoms with E-state index in [0.29, 0.717) is 6.54 Å². The molecule has 1 aromatic carbocycles. The molecule has 1 fully saturated rings. The third kappa shape index (κ3) is 4.30. The van der Waals surface area contributed by atoms with Crippen molar-refractivity contribution in [2.24, 2.45) is 0 Å². The molecule has 8 heteroatoms. The van der Waals surface area contributed by atoms with Crippen LogP contribution in [0, 0.1) is 10.1 Å². The smallest absolute Gasteiger partial charge is 0.310 e. The summed E-state index contributed by atoms with van der Waals surface area (Å²) in [6, 6.07) is 6.15. The SMILES string of the molecule is C[C@@H]1CNCCN1C(=O)COc1ccccc1[N+](=O)[O-].Cl. The Kier molecular flexibility index (Phi) is 6.39. The average Bonchev–Trinajstić information content (AvgIpc) is 2.45. The number of carbonyl (C=O) groups is 1. The largest absolute Gasteiger partial charge is 0.477 e. The van der Waals surface area contributed by atoms with Gasteiger partial charge in [-0.05, 0) is 13.0 Å². The molecule has 1 aromatic rings. The molecule has 0 spiro atoms. The van der Waals surface area contributed by atoms with Crippen LogP contribution in [0.5, 0.6) is 5.75 Å². The summed E-state index contributed by atoms with van der Waals surface area (Å²) in [7, 11) is 0. The minimum Gasteiger partial charge on any atom is -0.477 e. The third-order valence-electron chi connectivity index (χ3n) is 3.23. The second-order valence-corrected chi connectivity index (χ2v) is 4.65. The van der Waals surface area contributed by atoms with Crippen LogP contribution in [-0.2, 0) is 4.79 Å². The van der Waals surface area contributed by atoms with Crippen molar-refractivity contribution in [3.63, 3.8) is 0 Å². The van der Waals surface area contributed by atoms with E-state index < -0.39 is 4.92 Å². The summed E-state index contributed by atoms with van der Waals surface area (Å²) < 4.78 is 5.31. The summed E-state index contributed by atoms with van der Waals surface area (Å²) in [4.78, 5) is 24.1. The van der Waals surface area contributed by atoms with E-state index in [4.69, 9.17) is 4.74 Å². The molecule has 1 saturated heterocycles. The maximum Gasteiger partial charge on any atom is 0.310 e. The van der Waals surface area contributed by atoms with Crippen molar-refractivity contribution >= 4 is 24.0 Å². The molecule has 0 unspecified atom stereocenters. The van der Waals surface area contributed by atoms with Crippen LogP contribution < -0.4 is 10.1 Å². The second kappa shape index (κ2) is 7.80. The van der Waals surface area contributed by atoms with E-state index in [2.05, 4.69) is 5.32 Å². The lowest BCUT2D eigenvalue weighted by Gasteiger charge is -2.33. The summed E-state index contributed by atoms with van der Waals surface area (Å²) in [6.45, 7) is 3.89. The van der Waals surface area contributed by atoms with Crippen LogP contribution in [0.2, 0.25) is 0 Å². The second-order valence-electron chi connectivity index (χ2n) is 4.65. The van der Waals surface area contributed by atoms with Gasteiger partial charge in [0, 0.05) is 31.7 Å². The number of nitrogens with one attached hydrogen (secondary N) is 1. The summed E-state index contributed by atoms with van der Waals surface area (Å²) in [5, 5.41) is 14.0.